The van der Waals surface area contributed by atoms with Crippen molar-refractivity contribution in [2.45, 2.75) is 41.9 Å². The van der Waals surface area contributed by atoms with Gasteiger partial charge in [0, 0.05) is 21.6 Å². The third kappa shape index (κ3) is 4.42. The number of fused-ring (bicyclic) bond motifs is 1. The van der Waals surface area contributed by atoms with Crippen LogP contribution in [-0.4, -0.2) is 12.4 Å². The third-order valence-corrected chi connectivity index (χ3v) is 9.24. The molecule has 5 heteroatoms. The van der Waals surface area contributed by atoms with Crippen LogP contribution in [-0.2, 0) is 16.4 Å². The Morgan fingerprint density at radius 2 is 1.31 bits per heavy atom. The highest BCUT2D eigenvalue weighted by Gasteiger charge is 2.28. The molecule has 0 N–H and O–H groups in total. The van der Waals surface area contributed by atoms with Gasteiger partial charge in [-0.2, -0.15) is 0 Å². The topological polar surface area (TPSA) is 39.1 Å². The van der Waals surface area contributed by atoms with E-state index in [0.29, 0.717) is 11.9 Å². The smallest absolute Gasteiger partial charge is 0.236 e. The third-order valence-electron chi connectivity index (χ3n) is 6.30. The minimum Gasteiger partial charge on any atom is -0.236 e. The van der Waals surface area contributed by atoms with Crippen LogP contribution in [0.2, 0.25) is 0 Å². The summed E-state index contributed by atoms with van der Waals surface area (Å²) in [5, 5.41) is 0.943. The lowest BCUT2D eigenvalue weighted by Gasteiger charge is -2.16. The van der Waals surface area contributed by atoms with E-state index in [4.69, 9.17) is 0 Å². The molecule has 0 aliphatic heterocycles. The number of nitrogens with zero attached hydrogens (tertiary/aromatic N) is 1. The van der Waals surface area contributed by atoms with Gasteiger partial charge in [-0.05, 0) is 67.8 Å². The number of hydrogen-bond acceptors (Lipinski definition) is 3. The summed E-state index contributed by atoms with van der Waals surface area (Å²) >= 11 is 1.62. The first kappa shape index (κ1) is 23.5. The van der Waals surface area contributed by atoms with Crippen LogP contribution in [0.15, 0.2) is 112 Å². The summed E-state index contributed by atoms with van der Waals surface area (Å²) in [5.41, 5.74) is 6.21. The molecule has 3 nitrogen and oxygen atoms in total. The van der Waals surface area contributed by atoms with Gasteiger partial charge in [0.25, 0.3) is 10.0 Å². The number of aromatic nitrogens is 1. The Balaban J connectivity index is 1.82. The fourth-order valence-corrected chi connectivity index (χ4v) is 7.46. The van der Waals surface area contributed by atoms with Gasteiger partial charge >= 0.3 is 0 Å². The SMILES string of the molecule is Cc1cc(C)c(Cc2c(Sc3ccccc3)c3ccccc3n2S(=O)(=O)c2ccccc2)c(C)c1. The van der Waals surface area contributed by atoms with Crippen LogP contribution in [0.25, 0.3) is 10.9 Å². The molecule has 0 aliphatic carbocycles. The lowest BCUT2D eigenvalue weighted by molar-refractivity contribution is 0.587. The molecule has 35 heavy (non-hydrogen) atoms. The van der Waals surface area contributed by atoms with Crippen LogP contribution in [0, 0.1) is 20.8 Å². The molecule has 0 bridgehead atoms. The van der Waals surface area contributed by atoms with Gasteiger partial charge in [0.2, 0.25) is 0 Å². The van der Waals surface area contributed by atoms with Crippen LogP contribution in [0.1, 0.15) is 27.9 Å². The predicted molar refractivity (Wildman–Crippen MR) is 145 cm³/mol. The van der Waals surface area contributed by atoms with E-state index in [9.17, 15) is 8.42 Å². The fourth-order valence-electron chi connectivity index (χ4n) is 4.74. The zero-order chi connectivity index (χ0) is 24.6. The molecule has 4 aromatic carbocycles. The van der Waals surface area contributed by atoms with E-state index in [-0.39, 0.29) is 4.90 Å². The summed E-state index contributed by atoms with van der Waals surface area (Å²) in [7, 11) is -3.82. The van der Waals surface area contributed by atoms with Gasteiger partial charge in [-0.25, -0.2) is 12.4 Å². The standard InChI is InChI=1S/C30H27NO2S2/c1-21-18-22(2)27(23(3)19-21)20-29-30(34-24-12-6-4-7-13-24)26-16-10-11-17-28(26)31(29)35(32,33)25-14-8-5-9-15-25/h4-19H,20H2,1-3H3. The highest BCUT2D eigenvalue weighted by Crippen LogP contribution is 2.41. The molecule has 1 heterocycles. The van der Waals surface area contributed by atoms with Crippen molar-refractivity contribution in [1.29, 1.82) is 0 Å². The molecule has 0 amide bonds. The van der Waals surface area contributed by atoms with Gasteiger partial charge in [-0.1, -0.05) is 84.1 Å². The zero-order valence-corrected chi connectivity index (χ0v) is 21.7. The molecular weight excluding hydrogens is 470 g/mol. The highest BCUT2D eigenvalue weighted by atomic mass is 32.2. The largest absolute Gasteiger partial charge is 0.268 e. The van der Waals surface area contributed by atoms with Crippen molar-refractivity contribution in [2.24, 2.45) is 0 Å². The average molecular weight is 498 g/mol. The quantitative estimate of drug-likeness (QED) is 0.243. The summed E-state index contributed by atoms with van der Waals surface area (Å²) in [4.78, 5) is 2.34. The van der Waals surface area contributed by atoms with E-state index in [1.807, 2.05) is 48.5 Å². The number of aryl methyl sites for hydroxylation is 3. The summed E-state index contributed by atoms with van der Waals surface area (Å²) < 4.78 is 29.8. The number of rotatable bonds is 6. The van der Waals surface area contributed by atoms with Crippen LogP contribution in [0.4, 0.5) is 0 Å². The zero-order valence-electron chi connectivity index (χ0n) is 20.0. The Labute approximate surface area is 211 Å². The minimum atomic E-state index is -3.82. The first-order valence-electron chi connectivity index (χ1n) is 11.6. The van der Waals surface area contributed by atoms with Gasteiger partial charge < -0.3 is 0 Å². The lowest BCUT2D eigenvalue weighted by atomic mass is 9.96. The second kappa shape index (κ2) is 9.40. The van der Waals surface area contributed by atoms with Crippen molar-refractivity contribution in [3.05, 3.63) is 125 Å². The summed E-state index contributed by atoms with van der Waals surface area (Å²) in [6.07, 6.45) is 0.522. The average Bonchev–Trinajstić information content (AvgIpc) is 3.16. The minimum absolute atomic E-state index is 0.288. The second-order valence-corrected chi connectivity index (χ2v) is 11.7. The molecule has 0 fully saturated rings. The van der Waals surface area contributed by atoms with E-state index >= 15 is 0 Å². The molecule has 5 rings (SSSR count). The Kier molecular flexibility index (Phi) is 6.30. The van der Waals surface area contributed by atoms with Gasteiger partial charge in [0.1, 0.15) is 0 Å². The summed E-state index contributed by atoms with van der Waals surface area (Å²) in [6, 6.07) is 31.0. The van der Waals surface area contributed by atoms with Crippen molar-refractivity contribution in [3.8, 4) is 0 Å². The molecule has 5 aromatic rings. The van der Waals surface area contributed by atoms with E-state index in [1.54, 1.807) is 40.0 Å². The Morgan fingerprint density at radius 3 is 1.97 bits per heavy atom. The van der Waals surface area contributed by atoms with Gasteiger partial charge in [0.15, 0.2) is 0 Å². The molecular formula is C30H27NO2S2. The monoisotopic (exact) mass is 497 g/mol. The summed E-state index contributed by atoms with van der Waals surface area (Å²) in [5.74, 6) is 0. The molecule has 1 aromatic heterocycles. The molecule has 176 valence electrons. The molecule has 0 radical (unpaired) electrons. The first-order chi connectivity index (χ1) is 16.9. The number of benzene rings is 4. The Bertz CT molecular complexity index is 1600. The van der Waals surface area contributed by atoms with E-state index in [2.05, 4.69) is 45.0 Å². The molecule has 0 aliphatic rings. The molecule has 0 atom stereocenters. The lowest BCUT2D eigenvalue weighted by Crippen LogP contribution is -2.16. The maximum atomic E-state index is 14.1. The predicted octanol–water partition coefficient (Wildman–Crippen LogP) is 7.55. The Morgan fingerprint density at radius 1 is 0.743 bits per heavy atom. The van der Waals surface area contributed by atoms with Gasteiger partial charge in [0.05, 0.1) is 16.1 Å². The first-order valence-corrected chi connectivity index (χ1v) is 13.8. The van der Waals surface area contributed by atoms with E-state index < -0.39 is 10.0 Å². The van der Waals surface area contributed by atoms with E-state index in [1.165, 1.54) is 16.7 Å². The molecule has 0 unspecified atom stereocenters. The van der Waals surface area contributed by atoms with E-state index in [0.717, 1.165) is 26.4 Å². The summed E-state index contributed by atoms with van der Waals surface area (Å²) in [6.45, 7) is 6.31. The highest BCUT2D eigenvalue weighted by molar-refractivity contribution is 7.99. The van der Waals surface area contributed by atoms with Gasteiger partial charge in [-0.3, -0.25) is 0 Å². The van der Waals surface area contributed by atoms with Crippen LogP contribution >= 0.6 is 11.8 Å². The Hall–Kier alpha value is -3.28. The molecule has 0 spiro atoms. The fraction of sp³-hybridized carbons (Fsp3) is 0.133. The number of para-hydroxylation sites is 1. The van der Waals surface area contributed by atoms with Crippen molar-refractivity contribution < 1.29 is 8.42 Å². The van der Waals surface area contributed by atoms with Crippen LogP contribution in [0.5, 0.6) is 0 Å². The normalized spacial score (nSPS) is 11.7. The van der Waals surface area contributed by atoms with Crippen molar-refractivity contribution >= 4 is 32.7 Å². The van der Waals surface area contributed by atoms with Crippen molar-refractivity contribution in [2.75, 3.05) is 0 Å². The molecule has 0 saturated heterocycles. The van der Waals surface area contributed by atoms with Crippen molar-refractivity contribution in [1.82, 2.24) is 3.97 Å². The molecule has 0 saturated carbocycles. The number of hydrogen-bond donors (Lipinski definition) is 0. The van der Waals surface area contributed by atoms with Crippen molar-refractivity contribution in [3.63, 3.8) is 0 Å². The van der Waals surface area contributed by atoms with Crippen LogP contribution in [0.3, 0.4) is 0 Å². The van der Waals surface area contributed by atoms with Crippen LogP contribution < -0.4 is 0 Å². The van der Waals surface area contributed by atoms with Gasteiger partial charge in [-0.15, -0.1) is 0 Å². The maximum Gasteiger partial charge on any atom is 0.268 e. The second-order valence-electron chi connectivity index (χ2n) is 8.84. The maximum absolute atomic E-state index is 14.1.